The third-order valence-corrected chi connectivity index (χ3v) is 4.98. The Morgan fingerprint density at radius 1 is 1.08 bits per heavy atom. The zero-order valence-electron chi connectivity index (χ0n) is 15.1. The summed E-state index contributed by atoms with van der Waals surface area (Å²) >= 11 is 0. The van der Waals surface area contributed by atoms with E-state index in [2.05, 4.69) is 30.5 Å². The van der Waals surface area contributed by atoms with Gasteiger partial charge in [0.15, 0.2) is 0 Å². The van der Waals surface area contributed by atoms with Gasteiger partial charge in [0.2, 0.25) is 15.9 Å². The van der Waals surface area contributed by atoms with Crippen molar-refractivity contribution in [3.05, 3.63) is 59.7 Å². The van der Waals surface area contributed by atoms with E-state index in [4.69, 9.17) is 0 Å². The molecule has 0 fully saturated rings. The fourth-order valence-electron chi connectivity index (χ4n) is 3.31. The minimum absolute atomic E-state index is 0.0873. The van der Waals surface area contributed by atoms with Crippen molar-refractivity contribution < 1.29 is 13.2 Å². The molecule has 0 aliphatic heterocycles. The van der Waals surface area contributed by atoms with E-state index >= 15 is 0 Å². The molecule has 1 N–H and O–H groups in total. The molecule has 0 spiro atoms. The molecule has 0 unspecified atom stereocenters. The number of rotatable bonds is 5. The lowest BCUT2D eigenvalue weighted by Crippen LogP contribution is -2.30. The number of benzene rings is 2. The van der Waals surface area contributed by atoms with Crippen LogP contribution >= 0.6 is 0 Å². The third-order valence-electron chi connectivity index (χ3n) is 4.38. The first-order valence-corrected chi connectivity index (χ1v) is 10.3. The summed E-state index contributed by atoms with van der Waals surface area (Å²) < 4.78 is 26.6. The molecule has 0 radical (unpaired) electrons. The fourth-order valence-corrected chi connectivity index (χ4v) is 3.82. The summed E-state index contributed by atoms with van der Waals surface area (Å²) in [5, 5.41) is 1.15. The average molecular weight is 370 g/mol. The highest BCUT2D eigenvalue weighted by atomic mass is 32.2. The predicted molar refractivity (Wildman–Crippen MR) is 104 cm³/mol. The standard InChI is InChI=1S/C20H22N2O3S/c1-14-9-10-18-17(13-14)15(2)20(16-7-5-4-6-8-16)22(18)12-11-19(23)21-26(3,24)25/h4-10,13H,11-12H2,1-3H3,(H,21,23). The number of aromatic nitrogens is 1. The maximum atomic E-state index is 12.0. The molecule has 1 heterocycles. The summed E-state index contributed by atoms with van der Waals surface area (Å²) in [5.74, 6) is -0.502. The lowest BCUT2D eigenvalue weighted by Gasteiger charge is -2.12. The van der Waals surface area contributed by atoms with Crippen molar-refractivity contribution in [2.24, 2.45) is 0 Å². The van der Waals surface area contributed by atoms with Gasteiger partial charge in [-0.3, -0.25) is 9.52 Å². The lowest BCUT2D eigenvalue weighted by atomic mass is 10.1. The van der Waals surface area contributed by atoms with Gasteiger partial charge in [-0.25, -0.2) is 8.42 Å². The second-order valence-electron chi connectivity index (χ2n) is 6.56. The number of hydrogen-bond donors (Lipinski definition) is 1. The zero-order valence-corrected chi connectivity index (χ0v) is 15.9. The minimum atomic E-state index is -3.54. The smallest absolute Gasteiger partial charge is 0.235 e. The SMILES string of the molecule is Cc1ccc2c(c1)c(C)c(-c1ccccc1)n2CCC(=O)NS(C)(=O)=O. The summed E-state index contributed by atoms with van der Waals surface area (Å²) in [6, 6.07) is 16.3. The van der Waals surface area contributed by atoms with Crippen molar-refractivity contribution in [3.8, 4) is 11.3 Å². The highest BCUT2D eigenvalue weighted by Gasteiger charge is 2.17. The van der Waals surface area contributed by atoms with Crippen molar-refractivity contribution in [3.63, 3.8) is 0 Å². The fraction of sp³-hybridized carbons (Fsp3) is 0.250. The molecule has 3 aromatic rings. The van der Waals surface area contributed by atoms with E-state index in [9.17, 15) is 13.2 Å². The Balaban J connectivity index is 2.06. The van der Waals surface area contributed by atoms with Crippen molar-refractivity contribution in [1.82, 2.24) is 9.29 Å². The van der Waals surface area contributed by atoms with Crippen LogP contribution < -0.4 is 4.72 Å². The van der Waals surface area contributed by atoms with Gasteiger partial charge in [-0.1, -0.05) is 42.0 Å². The molecule has 0 aliphatic carbocycles. The predicted octanol–water partition coefficient (Wildman–Crippen LogP) is 3.39. The van der Waals surface area contributed by atoms with Gasteiger partial charge in [-0.05, 0) is 37.1 Å². The van der Waals surface area contributed by atoms with E-state index in [-0.39, 0.29) is 6.42 Å². The molecule has 0 saturated heterocycles. The van der Waals surface area contributed by atoms with Crippen LogP contribution in [0.1, 0.15) is 17.5 Å². The normalized spacial score (nSPS) is 11.7. The van der Waals surface area contributed by atoms with Crippen molar-refractivity contribution >= 4 is 26.8 Å². The number of hydrogen-bond acceptors (Lipinski definition) is 3. The lowest BCUT2D eigenvalue weighted by molar-refractivity contribution is -0.119. The number of nitrogens with one attached hydrogen (secondary N) is 1. The minimum Gasteiger partial charge on any atom is -0.340 e. The average Bonchev–Trinajstić information content (AvgIpc) is 2.84. The van der Waals surface area contributed by atoms with Gasteiger partial charge < -0.3 is 4.57 Å². The largest absolute Gasteiger partial charge is 0.340 e. The van der Waals surface area contributed by atoms with Crippen LogP contribution in [-0.2, 0) is 21.4 Å². The van der Waals surface area contributed by atoms with E-state index in [1.807, 2.05) is 41.1 Å². The first kappa shape index (κ1) is 18.2. The Morgan fingerprint density at radius 3 is 2.42 bits per heavy atom. The number of carbonyl (C=O) groups excluding carboxylic acids is 1. The maximum Gasteiger partial charge on any atom is 0.235 e. The van der Waals surface area contributed by atoms with Crippen molar-refractivity contribution in [2.45, 2.75) is 26.8 Å². The van der Waals surface area contributed by atoms with Gasteiger partial charge in [0.25, 0.3) is 0 Å². The van der Waals surface area contributed by atoms with E-state index in [1.54, 1.807) is 0 Å². The molecule has 0 bridgehead atoms. The van der Waals surface area contributed by atoms with Crippen LogP contribution in [0.2, 0.25) is 0 Å². The quantitative estimate of drug-likeness (QED) is 0.748. The molecule has 1 amide bonds. The monoisotopic (exact) mass is 370 g/mol. The number of fused-ring (bicyclic) bond motifs is 1. The molecule has 2 aromatic carbocycles. The van der Waals surface area contributed by atoms with Crippen molar-refractivity contribution in [2.75, 3.05) is 6.26 Å². The second-order valence-corrected chi connectivity index (χ2v) is 8.31. The molecule has 3 rings (SSSR count). The highest BCUT2D eigenvalue weighted by Crippen LogP contribution is 2.34. The van der Waals surface area contributed by atoms with Gasteiger partial charge in [0, 0.05) is 23.9 Å². The molecule has 5 nitrogen and oxygen atoms in total. The van der Waals surface area contributed by atoms with Crippen LogP contribution in [0.5, 0.6) is 0 Å². The summed E-state index contributed by atoms with van der Waals surface area (Å²) in [7, 11) is -3.54. The van der Waals surface area contributed by atoms with Crippen LogP contribution in [0.25, 0.3) is 22.2 Å². The summed E-state index contributed by atoms with van der Waals surface area (Å²) in [6.07, 6.45) is 1.07. The van der Waals surface area contributed by atoms with Crippen LogP contribution in [0.15, 0.2) is 48.5 Å². The van der Waals surface area contributed by atoms with Crippen LogP contribution in [-0.4, -0.2) is 25.1 Å². The van der Waals surface area contributed by atoms with E-state index < -0.39 is 15.9 Å². The summed E-state index contributed by atoms with van der Waals surface area (Å²) in [4.78, 5) is 12.0. The van der Waals surface area contributed by atoms with E-state index in [0.29, 0.717) is 6.54 Å². The zero-order chi connectivity index (χ0) is 18.9. The van der Waals surface area contributed by atoms with Gasteiger partial charge in [-0.15, -0.1) is 0 Å². The van der Waals surface area contributed by atoms with Gasteiger partial charge >= 0.3 is 0 Å². The summed E-state index contributed by atoms with van der Waals surface area (Å²) in [5.41, 5.74) is 5.49. The highest BCUT2D eigenvalue weighted by molar-refractivity contribution is 7.89. The van der Waals surface area contributed by atoms with Crippen LogP contribution in [0.4, 0.5) is 0 Å². The first-order valence-electron chi connectivity index (χ1n) is 8.42. The molecule has 1 aromatic heterocycles. The molecular weight excluding hydrogens is 348 g/mol. The third kappa shape index (κ3) is 3.80. The van der Waals surface area contributed by atoms with Gasteiger partial charge in [0.1, 0.15) is 0 Å². The Bertz CT molecular complexity index is 1070. The van der Waals surface area contributed by atoms with Crippen LogP contribution in [0, 0.1) is 13.8 Å². The molecule has 6 heteroatoms. The topological polar surface area (TPSA) is 68.2 Å². The Hall–Kier alpha value is -2.60. The van der Waals surface area contributed by atoms with Gasteiger partial charge in [0.05, 0.1) is 11.9 Å². The van der Waals surface area contributed by atoms with Crippen molar-refractivity contribution in [1.29, 1.82) is 0 Å². The molecule has 26 heavy (non-hydrogen) atoms. The first-order chi connectivity index (χ1) is 12.3. The van der Waals surface area contributed by atoms with Crippen LogP contribution in [0.3, 0.4) is 0 Å². The number of sulfonamides is 1. The number of nitrogens with zero attached hydrogens (tertiary/aromatic N) is 1. The number of carbonyl (C=O) groups is 1. The Labute approximate surface area is 153 Å². The number of aryl methyl sites for hydroxylation is 3. The van der Waals surface area contributed by atoms with E-state index in [1.165, 1.54) is 5.56 Å². The number of amides is 1. The maximum absolute atomic E-state index is 12.0. The Morgan fingerprint density at radius 2 is 1.77 bits per heavy atom. The molecule has 0 aliphatic rings. The van der Waals surface area contributed by atoms with Gasteiger partial charge in [-0.2, -0.15) is 0 Å². The molecule has 0 saturated carbocycles. The Kier molecular flexibility index (Phi) is 4.87. The summed E-state index contributed by atoms with van der Waals surface area (Å²) in [6.45, 7) is 4.54. The second kappa shape index (κ2) is 6.96. The van der Waals surface area contributed by atoms with E-state index in [0.717, 1.165) is 34.0 Å². The molecule has 0 atom stereocenters. The molecule has 136 valence electrons. The molecular formula is C20H22N2O3S.